The van der Waals surface area contributed by atoms with Crippen LogP contribution < -0.4 is 16.8 Å². The zero-order valence-electron chi connectivity index (χ0n) is 12.4. The predicted octanol–water partition coefficient (Wildman–Crippen LogP) is 1.04. The van der Waals surface area contributed by atoms with Gasteiger partial charge in [0, 0.05) is 6.07 Å². The summed E-state index contributed by atoms with van der Waals surface area (Å²) in [7, 11) is 0. The zero-order valence-corrected chi connectivity index (χ0v) is 12.4. The number of nitrogens with two attached hydrogens (primary N) is 2. The lowest BCUT2D eigenvalue weighted by atomic mass is 10.1. The topological polar surface area (TPSA) is 159 Å². The molecule has 0 radical (unpaired) electrons. The molecule has 9 nitrogen and oxygen atoms in total. The van der Waals surface area contributed by atoms with E-state index in [0.29, 0.717) is 0 Å². The van der Waals surface area contributed by atoms with Crippen molar-refractivity contribution in [3.63, 3.8) is 0 Å². The van der Waals surface area contributed by atoms with Crippen LogP contribution in [-0.4, -0.2) is 31.8 Å². The highest BCUT2D eigenvalue weighted by atomic mass is 16.1. The number of aromatic nitrogens is 4. The van der Waals surface area contributed by atoms with Crippen molar-refractivity contribution in [3.8, 4) is 11.3 Å². The van der Waals surface area contributed by atoms with Gasteiger partial charge in [-0.3, -0.25) is 15.3 Å². The number of aromatic amines is 1. The minimum atomic E-state index is -0.714. The van der Waals surface area contributed by atoms with Crippen molar-refractivity contribution < 1.29 is 4.79 Å². The summed E-state index contributed by atoms with van der Waals surface area (Å²) < 4.78 is 0. The molecule has 0 aliphatic heterocycles. The fourth-order valence-corrected chi connectivity index (χ4v) is 2.11. The number of anilines is 3. The van der Waals surface area contributed by atoms with E-state index < -0.39 is 11.6 Å². The van der Waals surface area contributed by atoms with Gasteiger partial charge in [0.1, 0.15) is 23.7 Å². The van der Waals surface area contributed by atoms with E-state index in [9.17, 15) is 4.79 Å². The van der Waals surface area contributed by atoms with Gasteiger partial charge in [-0.15, -0.1) is 0 Å². The molecule has 9 heteroatoms. The number of rotatable bonds is 4. The second kappa shape index (κ2) is 6.16. The lowest BCUT2D eigenvalue weighted by Crippen LogP contribution is -2.25. The summed E-state index contributed by atoms with van der Waals surface area (Å²) in [6, 6.07) is 11.2. The Morgan fingerprint density at radius 2 is 1.79 bits per heavy atom. The van der Waals surface area contributed by atoms with Gasteiger partial charge in [0.25, 0.3) is 5.91 Å². The van der Waals surface area contributed by atoms with Crippen LogP contribution in [0, 0.1) is 5.41 Å². The second-order valence-electron chi connectivity index (χ2n) is 4.88. The first-order valence-electron chi connectivity index (χ1n) is 6.93. The first kappa shape index (κ1) is 15.2. The number of hydrogen-bond acceptors (Lipinski definition) is 7. The molecular formula is C15H14N8O. The molecule has 1 amide bonds. The lowest BCUT2D eigenvalue weighted by Gasteiger charge is -2.07. The van der Waals surface area contributed by atoms with Crippen LogP contribution in [0.5, 0.6) is 0 Å². The highest BCUT2D eigenvalue weighted by Gasteiger charge is 2.20. The summed E-state index contributed by atoms with van der Waals surface area (Å²) in [5, 5.41) is 17.3. The van der Waals surface area contributed by atoms with Gasteiger partial charge in [0.15, 0.2) is 5.82 Å². The quantitative estimate of drug-likeness (QED) is 0.451. The van der Waals surface area contributed by atoms with Crippen molar-refractivity contribution in [2.45, 2.75) is 0 Å². The van der Waals surface area contributed by atoms with E-state index >= 15 is 0 Å². The van der Waals surface area contributed by atoms with E-state index in [1.807, 2.05) is 30.3 Å². The average molecular weight is 322 g/mol. The number of carbonyl (C=O) groups excluding carboxylic acids is 1. The molecule has 7 N–H and O–H groups in total. The highest BCUT2D eigenvalue weighted by Crippen LogP contribution is 2.20. The van der Waals surface area contributed by atoms with E-state index in [-0.39, 0.29) is 23.0 Å². The van der Waals surface area contributed by atoms with Crippen molar-refractivity contribution in [2.75, 3.05) is 16.8 Å². The third kappa shape index (κ3) is 2.90. The molecule has 120 valence electrons. The third-order valence-corrected chi connectivity index (χ3v) is 3.29. The smallest absolute Gasteiger partial charge is 0.275 e. The molecule has 2 heterocycles. The van der Waals surface area contributed by atoms with E-state index in [1.54, 1.807) is 6.07 Å². The van der Waals surface area contributed by atoms with Crippen LogP contribution in [0.25, 0.3) is 11.3 Å². The second-order valence-corrected chi connectivity index (χ2v) is 4.88. The van der Waals surface area contributed by atoms with Crippen LogP contribution in [0.4, 0.5) is 17.5 Å². The van der Waals surface area contributed by atoms with Crippen molar-refractivity contribution in [2.24, 2.45) is 0 Å². The monoisotopic (exact) mass is 322 g/mol. The number of amides is 1. The van der Waals surface area contributed by atoms with Crippen molar-refractivity contribution in [1.29, 1.82) is 5.41 Å². The Kier molecular flexibility index (Phi) is 3.89. The van der Waals surface area contributed by atoms with E-state index in [0.717, 1.165) is 11.3 Å². The van der Waals surface area contributed by atoms with Crippen LogP contribution in [0.1, 0.15) is 5.56 Å². The van der Waals surface area contributed by atoms with Gasteiger partial charge in [-0.1, -0.05) is 30.3 Å². The maximum atomic E-state index is 12.2. The van der Waals surface area contributed by atoms with Gasteiger partial charge in [0.2, 0.25) is 0 Å². The van der Waals surface area contributed by atoms with Crippen LogP contribution in [-0.2, 0) is 4.79 Å². The molecule has 0 unspecified atom stereocenters. The van der Waals surface area contributed by atoms with E-state index in [1.165, 1.54) is 6.33 Å². The molecule has 0 spiro atoms. The summed E-state index contributed by atoms with van der Waals surface area (Å²) in [6.07, 6.45) is 1.17. The molecule has 0 fully saturated rings. The standard InChI is InChI=1S/C15H14N8O/c16-12(11-13(17)19-7-20-14(11)18)15(24)21-10-6-9(22-23-10)8-4-2-1-3-5-8/h1-7,16H,(H4,17,18,19,20)(H2,21,22,23,24). The van der Waals surface area contributed by atoms with Gasteiger partial charge in [-0.05, 0) is 5.56 Å². The third-order valence-electron chi connectivity index (χ3n) is 3.29. The van der Waals surface area contributed by atoms with Crippen LogP contribution in [0.15, 0.2) is 42.7 Å². The van der Waals surface area contributed by atoms with Crippen molar-refractivity contribution >= 4 is 29.1 Å². The van der Waals surface area contributed by atoms with Gasteiger partial charge >= 0.3 is 0 Å². The first-order chi connectivity index (χ1) is 11.6. The van der Waals surface area contributed by atoms with Crippen molar-refractivity contribution in [3.05, 3.63) is 48.3 Å². The maximum absolute atomic E-state index is 12.2. The van der Waals surface area contributed by atoms with Crippen LogP contribution in [0.2, 0.25) is 0 Å². The number of nitrogens with zero attached hydrogens (tertiary/aromatic N) is 3. The van der Waals surface area contributed by atoms with Gasteiger partial charge in [-0.2, -0.15) is 5.10 Å². The Balaban J connectivity index is 1.78. The molecule has 0 saturated carbocycles. The van der Waals surface area contributed by atoms with Crippen LogP contribution in [0.3, 0.4) is 0 Å². The Labute approximate surface area is 136 Å². The van der Waals surface area contributed by atoms with E-state index in [2.05, 4.69) is 25.5 Å². The average Bonchev–Trinajstić information content (AvgIpc) is 3.04. The molecule has 3 aromatic rings. The van der Waals surface area contributed by atoms with Gasteiger partial charge in [-0.25, -0.2) is 9.97 Å². The number of nitrogens with one attached hydrogen (secondary N) is 3. The molecular weight excluding hydrogens is 308 g/mol. The Morgan fingerprint density at radius 3 is 2.46 bits per heavy atom. The molecule has 0 aliphatic rings. The molecule has 2 aromatic heterocycles. The number of hydrogen-bond donors (Lipinski definition) is 5. The van der Waals surface area contributed by atoms with Crippen LogP contribution >= 0.6 is 0 Å². The summed E-state index contributed by atoms with van der Waals surface area (Å²) in [5.41, 5.74) is 12.5. The molecule has 0 aliphatic carbocycles. The Hall–Kier alpha value is -3.75. The molecule has 0 saturated heterocycles. The molecule has 1 aromatic carbocycles. The molecule has 0 atom stereocenters. The fraction of sp³-hybridized carbons (Fsp3) is 0. The highest BCUT2D eigenvalue weighted by molar-refractivity contribution is 6.49. The molecule has 24 heavy (non-hydrogen) atoms. The summed E-state index contributed by atoms with van der Waals surface area (Å²) in [6.45, 7) is 0. The number of carbonyl (C=O) groups is 1. The molecule has 0 bridgehead atoms. The first-order valence-corrected chi connectivity index (χ1v) is 6.93. The normalized spacial score (nSPS) is 10.3. The summed E-state index contributed by atoms with van der Waals surface area (Å²) >= 11 is 0. The predicted molar refractivity (Wildman–Crippen MR) is 90.3 cm³/mol. The minimum Gasteiger partial charge on any atom is -0.383 e. The fourth-order valence-electron chi connectivity index (χ4n) is 2.11. The van der Waals surface area contributed by atoms with Crippen molar-refractivity contribution in [1.82, 2.24) is 20.2 Å². The number of H-pyrrole nitrogens is 1. The summed E-state index contributed by atoms with van der Waals surface area (Å²) in [4.78, 5) is 19.7. The van der Waals surface area contributed by atoms with E-state index in [4.69, 9.17) is 16.9 Å². The zero-order chi connectivity index (χ0) is 17.1. The summed E-state index contributed by atoms with van der Waals surface area (Å²) in [5.74, 6) is -0.504. The number of benzene rings is 1. The van der Waals surface area contributed by atoms with Gasteiger partial charge in [0.05, 0.1) is 11.3 Å². The number of nitrogen functional groups attached to an aromatic ring is 2. The Morgan fingerprint density at radius 1 is 1.12 bits per heavy atom. The molecule has 3 rings (SSSR count). The maximum Gasteiger partial charge on any atom is 0.275 e. The van der Waals surface area contributed by atoms with Gasteiger partial charge < -0.3 is 16.8 Å². The Bertz CT molecular complexity index is 883. The lowest BCUT2D eigenvalue weighted by molar-refractivity contribution is -0.110. The minimum absolute atomic E-state index is 0.00572. The largest absolute Gasteiger partial charge is 0.383 e. The SMILES string of the molecule is N=C(C(=O)Nc1cc(-c2ccccc2)[nH]n1)c1c(N)ncnc1N.